The quantitative estimate of drug-likeness (QED) is 0.499. The lowest BCUT2D eigenvalue weighted by atomic mass is 9.99. The zero-order valence-electron chi connectivity index (χ0n) is 17.4. The number of hydrogen-bond acceptors (Lipinski definition) is 5. The van der Waals surface area contributed by atoms with E-state index in [1.165, 1.54) is 36.8 Å². The van der Waals surface area contributed by atoms with Crippen LogP contribution in [-0.2, 0) is 11.3 Å². The Morgan fingerprint density at radius 3 is 2.53 bits per heavy atom. The number of aromatic carboxylic acids is 1. The van der Waals surface area contributed by atoms with Crippen LogP contribution in [0.2, 0.25) is 0 Å². The highest BCUT2D eigenvalue weighted by atomic mass is 16.4. The van der Waals surface area contributed by atoms with Gasteiger partial charge in [0.1, 0.15) is 0 Å². The smallest absolute Gasteiger partial charge is 0.335 e. The van der Waals surface area contributed by atoms with Crippen molar-refractivity contribution in [3.8, 4) is 0 Å². The number of anilines is 2. The summed E-state index contributed by atoms with van der Waals surface area (Å²) in [4.78, 5) is 26.8. The summed E-state index contributed by atoms with van der Waals surface area (Å²) in [6, 6.07) is 14.5. The molecule has 3 aromatic rings. The van der Waals surface area contributed by atoms with Gasteiger partial charge in [-0.05, 0) is 67.9 Å². The zero-order chi connectivity index (χ0) is 22.1. The number of hydrogen-bond donors (Lipinski definition) is 3. The second-order valence-electron chi connectivity index (χ2n) is 8.09. The molecular weight excluding hydrogens is 406 g/mol. The van der Waals surface area contributed by atoms with Gasteiger partial charge in [-0.3, -0.25) is 9.69 Å². The number of furan rings is 1. The van der Waals surface area contributed by atoms with Crippen molar-refractivity contribution in [3.05, 3.63) is 83.3 Å². The van der Waals surface area contributed by atoms with Gasteiger partial charge in [0.05, 0.1) is 29.4 Å². The zero-order valence-corrected chi connectivity index (χ0v) is 17.4. The van der Waals surface area contributed by atoms with E-state index in [9.17, 15) is 14.7 Å². The van der Waals surface area contributed by atoms with Crippen molar-refractivity contribution >= 4 is 34.5 Å². The van der Waals surface area contributed by atoms with Crippen LogP contribution in [0.1, 0.15) is 39.9 Å². The van der Waals surface area contributed by atoms with Crippen LogP contribution < -0.4 is 10.6 Å². The lowest BCUT2D eigenvalue weighted by molar-refractivity contribution is -0.110. The molecule has 32 heavy (non-hydrogen) atoms. The molecule has 0 unspecified atom stereocenters. The molecule has 1 amide bonds. The van der Waals surface area contributed by atoms with Crippen LogP contribution in [0.3, 0.4) is 0 Å². The molecule has 3 heterocycles. The molecule has 2 aromatic carbocycles. The molecule has 0 spiro atoms. The number of rotatable bonds is 6. The first-order valence-electron chi connectivity index (χ1n) is 10.6. The Morgan fingerprint density at radius 1 is 1.06 bits per heavy atom. The van der Waals surface area contributed by atoms with Gasteiger partial charge in [-0.2, -0.15) is 0 Å². The van der Waals surface area contributed by atoms with E-state index in [0.717, 1.165) is 25.3 Å². The number of nitrogens with zero attached hydrogens (tertiary/aromatic N) is 1. The Hall–Kier alpha value is -3.84. The molecule has 1 aromatic heterocycles. The minimum absolute atomic E-state index is 0.121. The van der Waals surface area contributed by atoms with Gasteiger partial charge in [0, 0.05) is 29.0 Å². The molecule has 0 saturated carbocycles. The Labute approximate surface area is 185 Å². The number of carboxylic acids is 1. The minimum Gasteiger partial charge on any atom is -0.478 e. The lowest BCUT2D eigenvalue weighted by Crippen LogP contribution is -2.18. The van der Waals surface area contributed by atoms with Gasteiger partial charge < -0.3 is 20.2 Å². The molecule has 5 rings (SSSR count). The van der Waals surface area contributed by atoms with Crippen molar-refractivity contribution in [3.63, 3.8) is 0 Å². The third-order valence-corrected chi connectivity index (χ3v) is 5.90. The van der Waals surface area contributed by atoms with Crippen LogP contribution in [0.15, 0.2) is 65.5 Å². The maximum Gasteiger partial charge on any atom is 0.335 e. The predicted molar refractivity (Wildman–Crippen MR) is 122 cm³/mol. The second kappa shape index (κ2) is 8.36. The average Bonchev–Trinajstić information content (AvgIpc) is 3.54. The Kier molecular flexibility index (Phi) is 5.25. The summed E-state index contributed by atoms with van der Waals surface area (Å²) in [7, 11) is 0. The number of benzene rings is 2. The van der Waals surface area contributed by atoms with E-state index in [2.05, 4.69) is 27.7 Å². The van der Waals surface area contributed by atoms with E-state index in [-0.39, 0.29) is 11.5 Å². The minimum atomic E-state index is -1.04. The molecule has 0 atom stereocenters. The molecule has 0 aliphatic carbocycles. The van der Waals surface area contributed by atoms with Gasteiger partial charge in [0.2, 0.25) is 0 Å². The number of carbonyl (C=O) groups excluding carboxylic acids is 1. The van der Waals surface area contributed by atoms with Gasteiger partial charge in [0.15, 0.2) is 0 Å². The van der Waals surface area contributed by atoms with Gasteiger partial charge in [0.25, 0.3) is 5.91 Å². The van der Waals surface area contributed by atoms with Gasteiger partial charge in [-0.25, -0.2) is 4.79 Å². The Bertz CT molecular complexity index is 1190. The molecule has 0 bridgehead atoms. The first-order valence-corrected chi connectivity index (χ1v) is 10.6. The summed E-state index contributed by atoms with van der Waals surface area (Å²) in [5.74, 6) is -1.34. The van der Waals surface area contributed by atoms with Crippen molar-refractivity contribution in [2.45, 2.75) is 19.4 Å². The van der Waals surface area contributed by atoms with Gasteiger partial charge in [-0.1, -0.05) is 12.1 Å². The molecule has 0 radical (unpaired) electrons. The van der Waals surface area contributed by atoms with Gasteiger partial charge >= 0.3 is 5.97 Å². The summed E-state index contributed by atoms with van der Waals surface area (Å²) in [5, 5.41) is 15.6. The summed E-state index contributed by atoms with van der Waals surface area (Å²) in [6.45, 7) is 3.22. The van der Waals surface area contributed by atoms with Crippen molar-refractivity contribution < 1.29 is 19.1 Å². The monoisotopic (exact) mass is 429 g/mol. The maximum absolute atomic E-state index is 12.9. The van der Waals surface area contributed by atoms with Gasteiger partial charge in [-0.15, -0.1) is 0 Å². The predicted octanol–water partition coefficient (Wildman–Crippen LogP) is 4.51. The van der Waals surface area contributed by atoms with E-state index in [0.29, 0.717) is 28.1 Å². The molecule has 7 nitrogen and oxygen atoms in total. The normalized spacial score (nSPS) is 17.2. The SMILES string of the molecule is O=C1Nc2ccc(C(=O)O)cc2/C1=C(/Nc1ccc(CN2CCCC2)cc1)c1ccoc1. The van der Waals surface area contributed by atoms with E-state index in [1.807, 2.05) is 12.1 Å². The van der Waals surface area contributed by atoms with Crippen LogP contribution in [0.25, 0.3) is 11.3 Å². The van der Waals surface area contributed by atoms with Crippen LogP contribution >= 0.6 is 0 Å². The third-order valence-electron chi connectivity index (χ3n) is 5.90. The first kappa shape index (κ1) is 20.1. The largest absolute Gasteiger partial charge is 0.478 e. The Balaban J connectivity index is 1.51. The highest BCUT2D eigenvalue weighted by Crippen LogP contribution is 2.38. The number of carboxylic acid groups (broad SMARTS) is 1. The number of fused-ring (bicyclic) bond motifs is 1. The van der Waals surface area contributed by atoms with Crippen molar-refractivity contribution in [1.29, 1.82) is 0 Å². The van der Waals surface area contributed by atoms with Crippen molar-refractivity contribution in [1.82, 2.24) is 4.90 Å². The summed E-state index contributed by atoms with van der Waals surface area (Å²) >= 11 is 0. The molecule has 162 valence electrons. The summed E-state index contributed by atoms with van der Waals surface area (Å²) in [5.41, 5.74) is 4.96. The van der Waals surface area contributed by atoms with Crippen LogP contribution in [0.4, 0.5) is 11.4 Å². The molecule has 1 fully saturated rings. The number of nitrogens with one attached hydrogen (secondary N) is 2. The van der Waals surface area contributed by atoms with Crippen molar-refractivity contribution in [2.75, 3.05) is 23.7 Å². The molecule has 1 saturated heterocycles. The fourth-order valence-electron chi connectivity index (χ4n) is 4.27. The van der Waals surface area contributed by atoms with Crippen LogP contribution in [0, 0.1) is 0 Å². The molecule has 2 aliphatic rings. The fourth-order valence-corrected chi connectivity index (χ4v) is 4.27. The maximum atomic E-state index is 12.9. The van der Waals surface area contributed by atoms with Crippen molar-refractivity contribution in [2.24, 2.45) is 0 Å². The number of likely N-dealkylation sites (tertiary alicyclic amines) is 1. The lowest BCUT2D eigenvalue weighted by Gasteiger charge is -2.16. The standard InChI is InChI=1S/C25H23N3O4/c29-24-22(20-13-17(25(30)31)5-8-21(20)27-24)23(18-9-12-32-15-18)26-19-6-3-16(4-7-19)14-28-10-1-2-11-28/h3-9,12-13,15,26H,1-2,10-11,14H2,(H,27,29)(H,30,31)/b23-22-. The second-order valence-corrected chi connectivity index (χ2v) is 8.09. The first-order chi connectivity index (χ1) is 15.6. The highest BCUT2D eigenvalue weighted by molar-refractivity contribution is 6.37. The van der Waals surface area contributed by atoms with E-state index < -0.39 is 5.97 Å². The van der Waals surface area contributed by atoms with Crippen LogP contribution in [0.5, 0.6) is 0 Å². The number of amides is 1. The number of carbonyl (C=O) groups is 2. The van der Waals surface area contributed by atoms with E-state index in [4.69, 9.17) is 4.42 Å². The van der Waals surface area contributed by atoms with Crippen LogP contribution in [-0.4, -0.2) is 35.0 Å². The third kappa shape index (κ3) is 3.90. The summed E-state index contributed by atoms with van der Waals surface area (Å²) in [6.07, 6.45) is 5.62. The molecule has 7 heteroatoms. The molecule has 3 N–H and O–H groups in total. The molecular formula is C25H23N3O4. The Morgan fingerprint density at radius 2 is 1.84 bits per heavy atom. The van der Waals surface area contributed by atoms with E-state index >= 15 is 0 Å². The summed E-state index contributed by atoms with van der Waals surface area (Å²) < 4.78 is 5.27. The fraction of sp³-hybridized carbons (Fsp3) is 0.200. The highest BCUT2D eigenvalue weighted by Gasteiger charge is 2.29. The topological polar surface area (TPSA) is 94.8 Å². The average molecular weight is 429 g/mol. The van der Waals surface area contributed by atoms with E-state index in [1.54, 1.807) is 18.4 Å². The molecule has 2 aliphatic heterocycles.